The molecule has 0 spiro atoms. The number of aromatic nitrogens is 2. The first kappa shape index (κ1) is 15.4. The predicted molar refractivity (Wildman–Crippen MR) is 80.6 cm³/mol. The molecule has 1 aromatic carbocycles. The topological polar surface area (TPSA) is 66.6 Å². The Labute approximate surface area is 128 Å². The predicted octanol–water partition coefficient (Wildman–Crippen LogP) is 2.97. The van der Waals surface area contributed by atoms with Gasteiger partial charge < -0.3 is 10.2 Å². The average molecular weight is 313 g/mol. The van der Waals surface area contributed by atoms with Crippen molar-refractivity contribution in [3.05, 3.63) is 40.7 Å². The quantitative estimate of drug-likeness (QED) is 0.601. The minimum atomic E-state index is 0.608. The van der Waals surface area contributed by atoms with E-state index in [0.717, 1.165) is 54.5 Å². The number of benzene rings is 1. The van der Waals surface area contributed by atoms with Crippen molar-refractivity contribution in [3.8, 4) is 0 Å². The van der Waals surface area contributed by atoms with Crippen LogP contribution in [0.3, 0.4) is 0 Å². The Kier molecular flexibility index (Phi) is 6.36. The van der Waals surface area contributed by atoms with Gasteiger partial charge in [0, 0.05) is 17.2 Å². The molecule has 0 aliphatic heterocycles. The van der Waals surface area contributed by atoms with Gasteiger partial charge >= 0.3 is 0 Å². The Hall–Kier alpha value is -1.04. The summed E-state index contributed by atoms with van der Waals surface area (Å²) in [6.45, 7) is 0.989. The summed E-state index contributed by atoms with van der Waals surface area (Å²) < 4.78 is 5.61. The van der Waals surface area contributed by atoms with E-state index in [4.69, 9.17) is 16.0 Å². The van der Waals surface area contributed by atoms with Crippen molar-refractivity contribution in [2.24, 2.45) is 0 Å². The highest BCUT2D eigenvalue weighted by atomic mass is 35.5. The molecule has 3 N–H and O–H groups in total. The van der Waals surface area contributed by atoms with Crippen LogP contribution in [0.2, 0.25) is 5.02 Å². The maximum atomic E-state index is 6.11. The van der Waals surface area contributed by atoms with Crippen LogP contribution < -0.4 is 5.73 Å². The molecule has 0 saturated heterocycles. The van der Waals surface area contributed by atoms with Gasteiger partial charge in [-0.2, -0.15) is 0 Å². The molecule has 0 unspecified atom stereocenters. The first-order chi connectivity index (χ1) is 9.79. The van der Waals surface area contributed by atoms with E-state index < -0.39 is 0 Å². The molecule has 0 bridgehead atoms. The lowest BCUT2D eigenvalue weighted by Crippen LogP contribution is -2.50. The Morgan fingerprint density at radius 2 is 2.00 bits per heavy atom. The van der Waals surface area contributed by atoms with Crippen molar-refractivity contribution in [3.63, 3.8) is 0 Å². The highest BCUT2D eigenvalue weighted by Crippen LogP contribution is 2.25. The molecule has 108 valence electrons. The molecular formula is C14H19ClN3OS+. The average Bonchev–Trinajstić information content (AvgIpc) is 2.91. The summed E-state index contributed by atoms with van der Waals surface area (Å²) in [5.41, 5.74) is 4.91. The molecule has 20 heavy (non-hydrogen) atoms. The van der Waals surface area contributed by atoms with Gasteiger partial charge in [0.1, 0.15) is 0 Å². The van der Waals surface area contributed by atoms with Gasteiger partial charge in [-0.05, 0) is 30.9 Å². The van der Waals surface area contributed by atoms with Crippen LogP contribution in [0.25, 0.3) is 0 Å². The smallest absolute Gasteiger partial charge is 0.276 e. The number of hydrogen-bond acceptors (Lipinski definition) is 4. The third kappa shape index (κ3) is 4.81. The minimum Gasteiger partial charge on any atom is -0.416 e. The molecular weight excluding hydrogens is 294 g/mol. The van der Waals surface area contributed by atoms with Crippen LogP contribution in [0.15, 0.2) is 33.9 Å². The largest absolute Gasteiger partial charge is 0.416 e. The summed E-state index contributed by atoms with van der Waals surface area (Å²) in [6.07, 6.45) is 4.24. The molecule has 0 saturated carbocycles. The van der Waals surface area contributed by atoms with E-state index in [-0.39, 0.29) is 0 Å². The summed E-state index contributed by atoms with van der Waals surface area (Å²) in [5.74, 6) is 1.46. The number of aryl methyl sites for hydroxylation is 1. The van der Waals surface area contributed by atoms with Crippen LogP contribution in [-0.2, 0) is 12.2 Å². The number of unbranched alkanes of at least 4 members (excludes halogenated alkanes) is 2. The third-order valence-electron chi connectivity index (χ3n) is 2.90. The van der Waals surface area contributed by atoms with Crippen LogP contribution in [0.5, 0.6) is 0 Å². The van der Waals surface area contributed by atoms with Gasteiger partial charge in [-0.3, -0.25) is 0 Å². The fourth-order valence-corrected chi connectivity index (χ4v) is 2.85. The third-order valence-corrected chi connectivity index (χ3v) is 4.13. The lowest BCUT2D eigenvalue weighted by Gasteiger charge is -2.00. The highest BCUT2D eigenvalue weighted by Gasteiger charge is 2.08. The Morgan fingerprint density at radius 3 is 2.80 bits per heavy atom. The molecule has 0 aliphatic rings. The van der Waals surface area contributed by atoms with Crippen LogP contribution in [0.4, 0.5) is 0 Å². The zero-order valence-corrected chi connectivity index (χ0v) is 12.9. The van der Waals surface area contributed by atoms with Crippen molar-refractivity contribution in [1.82, 2.24) is 10.2 Å². The van der Waals surface area contributed by atoms with Crippen LogP contribution in [0.1, 0.15) is 30.7 Å². The van der Waals surface area contributed by atoms with Crippen LogP contribution >= 0.6 is 23.4 Å². The van der Waals surface area contributed by atoms with E-state index in [0.29, 0.717) is 5.22 Å². The van der Waals surface area contributed by atoms with Gasteiger partial charge in [0.15, 0.2) is 0 Å². The van der Waals surface area contributed by atoms with Gasteiger partial charge in [0.05, 0.1) is 6.54 Å². The van der Waals surface area contributed by atoms with Crippen LogP contribution in [0, 0.1) is 0 Å². The normalized spacial score (nSPS) is 10.9. The zero-order valence-electron chi connectivity index (χ0n) is 11.3. The fraction of sp³-hybridized carbons (Fsp3) is 0.429. The lowest BCUT2D eigenvalue weighted by molar-refractivity contribution is -0.368. The van der Waals surface area contributed by atoms with Gasteiger partial charge in [-0.25, -0.2) is 0 Å². The standard InChI is InChI=1S/C14H18ClN3OS/c15-12-7-4-3-6-11(12)10-20-14-18-17-13(19-14)8-2-1-5-9-16/h3-4,6-7H,1-2,5,8-10,16H2/p+1. The SMILES string of the molecule is [NH3+]CCCCCc1nnc(SCc2ccccc2Cl)o1. The molecule has 0 amide bonds. The number of hydrogen-bond donors (Lipinski definition) is 1. The number of nitrogens with zero attached hydrogens (tertiary/aromatic N) is 2. The number of rotatable bonds is 8. The molecule has 6 heteroatoms. The molecule has 0 aliphatic carbocycles. The van der Waals surface area contributed by atoms with Gasteiger partial charge in [-0.15, -0.1) is 10.2 Å². The summed E-state index contributed by atoms with van der Waals surface area (Å²) in [6, 6.07) is 7.79. The summed E-state index contributed by atoms with van der Waals surface area (Å²) >= 11 is 7.63. The number of quaternary nitrogens is 1. The summed E-state index contributed by atoms with van der Waals surface area (Å²) in [5, 5.41) is 9.49. The van der Waals surface area contributed by atoms with Crippen molar-refractivity contribution in [1.29, 1.82) is 0 Å². The minimum absolute atomic E-state index is 0.608. The zero-order chi connectivity index (χ0) is 14.2. The molecule has 0 fully saturated rings. The van der Waals surface area contributed by atoms with Gasteiger partial charge in [0.2, 0.25) is 5.89 Å². The van der Waals surface area contributed by atoms with Gasteiger partial charge in [0.25, 0.3) is 5.22 Å². The Bertz CT molecular complexity index is 533. The van der Waals surface area contributed by atoms with Crippen molar-refractivity contribution < 1.29 is 10.2 Å². The summed E-state index contributed by atoms with van der Waals surface area (Å²) in [4.78, 5) is 0. The molecule has 4 nitrogen and oxygen atoms in total. The molecule has 1 heterocycles. The Morgan fingerprint density at radius 1 is 1.15 bits per heavy atom. The maximum Gasteiger partial charge on any atom is 0.276 e. The van der Waals surface area contributed by atoms with Gasteiger partial charge in [-0.1, -0.05) is 41.6 Å². The van der Waals surface area contributed by atoms with E-state index in [9.17, 15) is 0 Å². The van der Waals surface area contributed by atoms with E-state index in [1.165, 1.54) is 11.8 Å². The monoisotopic (exact) mass is 312 g/mol. The van der Waals surface area contributed by atoms with Crippen molar-refractivity contribution in [2.75, 3.05) is 6.54 Å². The molecule has 0 radical (unpaired) electrons. The fourth-order valence-electron chi connectivity index (χ4n) is 1.78. The van der Waals surface area contributed by atoms with E-state index >= 15 is 0 Å². The molecule has 2 rings (SSSR count). The number of thioether (sulfide) groups is 1. The highest BCUT2D eigenvalue weighted by molar-refractivity contribution is 7.98. The first-order valence-electron chi connectivity index (χ1n) is 6.77. The van der Waals surface area contributed by atoms with E-state index in [2.05, 4.69) is 15.9 Å². The molecule has 0 atom stereocenters. The van der Waals surface area contributed by atoms with E-state index in [1.807, 2.05) is 24.3 Å². The van der Waals surface area contributed by atoms with Crippen LogP contribution in [-0.4, -0.2) is 16.7 Å². The lowest BCUT2D eigenvalue weighted by atomic mass is 10.2. The number of halogens is 1. The second-order valence-corrected chi connectivity index (χ2v) is 5.84. The van der Waals surface area contributed by atoms with E-state index in [1.54, 1.807) is 0 Å². The Balaban J connectivity index is 1.79. The maximum absolute atomic E-state index is 6.11. The van der Waals surface area contributed by atoms with Crippen molar-refractivity contribution in [2.45, 2.75) is 36.7 Å². The summed E-state index contributed by atoms with van der Waals surface area (Å²) in [7, 11) is 0. The second kappa shape index (κ2) is 8.29. The first-order valence-corrected chi connectivity index (χ1v) is 8.14. The second-order valence-electron chi connectivity index (χ2n) is 4.51. The van der Waals surface area contributed by atoms with Crippen molar-refractivity contribution >= 4 is 23.4 Å². The molecule has 1 aromatic heterocycles. The molecule has 2 aromatic rings.